The lowest BCUT2D eigenvalue weighted by Gasteiger charge is -2.27. The number of nitrogens with one attached hydrogen (secondary N) is 1. The Morgan fingerprint density at radius 3 is 2.19 bits per heavy atom. The molecule has 1 unspecified atom stereocenters. The Labute approximate surface area is 157 Å². The van der Waals surface area contributed by atoms with Crippen molar-refractivity contribution < 1.29 is 13.6 Å². The first kappa shape index (κ1) is 18.7. The van der Waals surface area contributed by atoms with E-state index in [0.29, 0.717) is 17.8 Å². The highest BCUT2D eigenvalue weighted by Gasteiger charge is 2.25. The third-order valence-corrected chi connectivity index (χ3v) is 4.26. The number of para-hydroxylation sites is 1. The van der Waals surface area contributed by atoms with E-state index in [1.54, 1.807) is 11.9 Å². The van der Waals surface area contributed by atoms with Crippen molar-refractivity contribution in [3.63, 3.8) is 0 Å². The van der Waals surface area contributed by atoms with Crippen molar-refractivity contribution in [1.29, 1.82) is 0 Å². The predicted octanol–water partition coefficient (Wildman–Crippen LogP) is 4.78. The molecule has 0 aliphatic heterocycles. The molecule has 3 rings (SSSR count). The van der Waals surface area contributed by atoms with Crippen molar-refractivity contribution in [3.8, 4) is 0 Å². The molecule has 3 nitrogen and oxygen atoms in total. The van der Waals surface area contributed by atoms with E-state index in [1.807, 2.05) is 60.7 Å². The van der Waals surface area contributed by atoms with E-state index in [9.17, 15) is 13.6 Å². The van der Waals surface area contributed by atoms with Crippen molar-refractivity contribution in [2.24, 2.45) is 0 Å². The van der Waals surface area contributed by atoms with Gasteiger partial charge in [0.25, 0.3) is 0 Å². The summed E-state index contributed by atoms with van der Waals surface area (Å²) in [4.78, 5) is 14.8. The number of halogens is 2. The number of carbonyl (C=O) groups excluding carboxylic acids is 1. The van der Waals surface area contributed by atoms with Gasteiger partial charge in [-0.3, -0.25) is 9.69 Å². The van der Waals surface area contributed by atoms with E-state index >= 15 is 0 Å². The smallest absolute Gasteiger partial charge is 0.246 e. The number of nitrogens with zero attached hydrogens (tertiary/aromatic N) is 1. The van der Waals surface area contributed by atoms with E-state index in [2.05, 4.69) is 5.32 Å². The third-order valence-electron chi connectivity index (χ3n) is 4.26. The van der Waals surface area contributed by atoms with Crippen LogP contribution in [0.5, 0.6) is 0 Å². The summed E-state index contributed by atoms with van der Waals surface area (Å²) in [7, 11) is 1.78. The zero-order valence-electron chi connectivity index (χ0n) is 14.9. The topological polar surface area (TPSA) is 32.3 Å². The first-order valence-corrected chi connectivity index (χ1v) is 8.59. The van der Waals surface area contributed by atoms with Gasteiger partial charge in [0.1, 0.15) is 6.04 Å². The molecule has 0 saturated heterocycles. The van der Waals surface area contributed by atoms with Crippen LogP contribution in [0.15, 0.2) is 78.9 Å². The van der Waals surface area contributed by atoms with E-state index in [1.165, 1.54) is 6.07 Å². The molecule has 0 aromatic heterocycles. The molecule has 138 valence electrons. The summed E-state index contributed by atoms with van der Waals surface area (Å²) in [5, 5.41) is 2.91. The molecular weight excluding hydrogens is 346 g/mol. The number of carbonyl (C=O) groups is 1. The molecular formula is C22H20F2N2O. The summed E-state index contributed by atoms with van der Waals surface area (Å²) >= 11 is 0. The van der Waals surface area contributed by atoms with Crippen molar-refractivity contribution in [1.82, 2.24) is 4.90 Å². The molecule has 1 N–H and O–H groups in total. The minimum absolute atomic E-state index is 0.197. The fourth-order valence-electron chi connectivity index (χ4n) is 2.99. The van der Waals surface area contributed by atoms with Crippen molar-refractivity contribution in [3.05, 3.63) is 102 Å². The maximum absolute atomic E-state index is 13.5. The monoisotopic (exact) mass is 366 g/mol. The Balaban J connectivity index is 1.84. The first-order chi connectivity index (χ1) is 13.0. The second-order valence-corrected chi connectivity index (χ2v) is 6.33. The summed E-state index contributed by atoms with van der Waals surface area (Å²) in [5.41, 5.74) is 2.10. The Hall–Kier alpha value is -3.05. The number of hydrogen-bond acceptors (Lipinski definition) is 2. The molecule has 0 spiro atoms. The van der Waals surface area contributed by atoms with Crippen LogP contribution in [0, 0.1) is 11.6 Å². The number of benzene rings is 3. The highest BCUT2D eigenvalue weighted by atomic mass is 19.2. The van der Waals surface area contributed by atoms with Gasteiger partial charge in [0.15, 0.2) is 11.6 Å². The highest BCUT2D eigenvalue weighted by Crippen LogP contribution is 2.24. The Morgan fingerprint density at radius 2 is 1.56 bits per heavy atom. The maximum atomic E-state index is 13.5. The van der Waals surface area contributed by atoms with E-state index in [4.69, 9.17) is 0 Å². The number of amides is 1. The van der Waals surface area contributed by atoms with Gasteiger partial charge in [0.05, 0.1) is 0 Å². The van der Waals surface area contributed by atoms with Crippen LogP contribution in [0.2, 0.25) is 0 Å². The Bertz CT molecular complexity index is 901. The van der Waals surface area contributed by atoms with Gasteiger partial charge in [-0.1, -0.05) is 54.6 Å². The summed E-state index contributed by atoms with van der Waals surface area (Å²) in [6.07, 6.45) is 0. The van der Waals surface area contributed by atoms with E-state index in [-0.39, 0.29) is 5.91 Å². The fraction of sp³-hybridized carbons (Fsp3) is 0.136. The van der Waals surface area contributed by atoms with Gasteiger partial charge in [-0.15, -0.1) is 0 Å². The van der Waals surface area contributed by atoms with E-state index < -0.39 is 17.7 Å². The van der Waals surface area contributed by atoms with Gasteiger partial charge in [-0.05, 0) is 42.4 Å². The summed E-state index contributed by atoms with van der Waals surface area (Å²) < 4.78 is 26.7. The zero-order chi connectivity index (χ0) is 19.2. The average molecular weight is 366 g/mol. The van der Waals surface area contributed by atoms with Crippen LogP contribution in [0.25, 0.3) is 0 Å². The van der Waals surface area contributed by atoms with Crippen LogP contribution in [0.1, 0.15) is 17.2 Å². The Kier molecular flexibility index (Phi) is 5.94. The summed E-state index contributed by atoms with van der Waals surface area (Å²) in [6, 6.07) is 21.7. The number of rotatable bonds is 6. The van der Waals surface area contributed by atoms with Gasteiger partial charge in [0.2, 0.25) is 5.91 Å². The highest BCUT2D eigenvalue weighted by molar-refractivity contribution is 5.95. The summed E-state index contributed by atoms with van der Waals surface area (Å²) in [6.45, 7) is 0.291. The molecule has 0 heterocycles. The lowest BCUT2D eigenvalue weighted by atomic mass is 10.0. The van der Waals surface area contributed by atoms with Crippen LogP contribution in [0.3, 0.4) is 0 Å². The quantitative estimate of drug-likeness (QED) is 0.681. The minimum atomic E-state index is -0.897. The second-order valence-electron chi connectivity index (χ2n) is 6.33. The van der Waals surface area contributed by atoms with Crippen molar-refractivity contribution in [2.75, 3.05) is 12.4 Å². The number of likely N-dealkylation sites (N-methyl/N-ethyl adjacent to an activating group) is 1. The third kappa shape index (κ3) is 4.77. The molecule has 0 aliphatic carbocycles. The van der Waals surface area contributed by atoms with Crippen LogP contribution >= 0.6 is 0 Å². The molecule has 27 heavy (non-hydrogen) atoms. The van der Waals surface area contributed by atoms with E-state index in [0.717, 1.165) is 17.7 Å². The van der Waals surface area contributed by atoms with Gasteiger partial charge < -0.3 is 5.32 Å². The van der Waals surface area contributed by atoms with Crippen LogP contribution in [-0.4, -0.2) is 17.9 Å². The molecule has 5 heteroatoms. The van der Waals surface area contributed by atoms with Crippen LogP contribution < -0.4 is 5.32 Å². The second kappa shape index (κ2) is 8.56. The normalized spacial score (nSPS) is 12.0. The number of hydrogen-bond donors (Lipinski definition) is 1. The Morgan fingerprint density at radius 1 is 0.926 bits per heavy atom. The summed E-state index contributed by atoms with van der Waals surface area (Å²) in [5.74, 6) is -1.98. The lowest BCUT2D eigenvalue weighted by Crippen LogP contribution is -2.34. The van der Waals surface area contributed by atoms with Gasteiger partial charge >= 0.3 is 0 Å². The van der Waals surface area contributed by atoms with Crippen LogP contribution in [0.4, 0.5) is 14.5 Å². The number of anilines is 1. The fourth-order valence-corrected chi connectivity index (χ4v) is 2.99. The maximum Gasteiger partial charge on any atom is 0.246 e. The SMILES string of the molecule is CN(Cc1ccc(F)c(F)c1)C(C(=O)Nc1ccccc1)c1ccccc1. The molecule has 0 radical (unpaired) electrons. The molecule has 1 atom stereocenters. The molecule has 0 aliphatic rings. The molecule has 0 saturated carbocycles. The average Bonchev–Trinajstić information content (AvgIpc) is 2.66. The molecule has 3 aromatic carbocycles. The van der Waals surface area contributed by atoms with Gasteiger partial charge in [-0.2, -0.15) is 0 Å². The first-order valence-electron chi connectivity index (χ1n) is 8.59. The zero-order valence-corrected chi connectivity index (χ0v) is 14.9. The predicted molar refractivity (Wildman–Crippen MR) is 102 cm³/mol. The standard InChI is InChI=1S/C22H20F2N2O/c1-26(15-16-12-13-19(23)20(24)14-16)21(17-8-4-2-5-9-17)22(27)25-18-10-6-3-7-11-18/h2-14,21H,15H2,1H3,(H,25,27). The lowest BCUT2D eigenvalue weighted by molar-refractivity contribution is -0.121. The van der Waals surface area contributed by atoms with Crippen molar-refractivity contribution >= 4 is 11.6 Å². The van der Waals surface area contributed by atoms with Crippen LogP contribution in [-0.2, 0) is 11.3 Å². The largest absolute Gasteiger partial charge is 0.324 e. The molecule has 3 aromatic rings. The molecule has 0 fully saturated rings. The van der Waals surface area contributed by atoms with Gasteiger partial charge in [0, 0.05) is 12.2 Å². The van der Waals surface area contributed by atoms with Gasteiger partial charge in [-0.25, -0.2) is 8.78 Å². The molecule has 0 bridgehead atoms. The minimum Gasteiger partial charge on any atom is -0.324 e. The molecule has 1 amide bonds. The van der Waals surface area contributed by atoms with Crippen molar-refractivity contribution in [2.45, 2.75) is 12.6 Å².